The maximum Gasteiger partial charge on any atom is 0.337 e. The summed E-state index contributed by atoms with van der Waals surface area (Å²) in [6.45, 7) is 2.46. The fraction of sp³-hybridized carbons (Fsp3) is 0.211. The van der Waals surface area contributed by atoms with Crippen molar-refractivity contribution in [2.45, 2.75) is 18.4 Å². The van der Waals surface area contributed by atoms with Crippen LogP contribution in [0.4, 0.5) is 0 Å². The number of thiazole rings is 1. The van der Waals surface area contributed by atoms with Crippen molar-refractivity contribution in [1.29, 1.82) is 0 Å². The van der Waals surface area contributed by atoms with Gasteiger partial charge in [-0.1, -0.05) is 23.5 Å². The van der Waals surface area contributed by atoms with E-state index in [4.69, 9.17) is 4.74 Å². The molecule has 0 aliphatic carbocycles. The Morgan fingerprint density at radius 2 is 1.89 bits per heavy atom. The SMILES string of the molecule is CCn1c(=NC(=O)c2ccccc2S(C)(=O)=O)sc2cc(C(=O)OC)ccc21. The van der Waals surface area contributed by atoms with Crippen LogP contribution in [0.15, 0.2) is 52.4 Å². The molecular weight excluding hydrogens is 400 g/mol. The standard InChI is InChI=1S/C19H18N2O5S2/c1-4-21-14-10-9-12(18(23)26-2)11-15(14)27-19(21)20-17(22)13-7-5-6-8-16(13)28(3,24)25/h5-11H,4H2,1-3H3. The lowest BCUT2D eigenvalue weighted by Crippen LogP contribution is -2.17. The van der Waals surface area contributed by atoms with Crippen molar-refractivity contribution in [3.63, 3.8) is 0 Å². The summed E-state index contributed by atoms with van der Waals surface area (Å²) in [5, 5.41) is 0. The van der Waals surface area contributed by atoms with Gasteiger partial charge in [0.25, 0.3) is 5.91 Å². The number of sulfone groups is 1. The highest BCUT2D eigenvalue weighted by Crippen LogP contribution is 2.21. The number of ether oxygens (including phenoxy) is 1. The number of benzene rings is 2. The normalized spacial score (nSPS) is 12.3. The molecule has 0 atom stereocenters. The zero-order valence-electron chi connectivity index (χ0n) is 15.5. The number of esters is 1. The maximum atomic E-state index is 12.7. The molecule has 0 spiro atoms. The molecule has 0 fully saturated rings. The molecule has 9 heteroatoms. The molecule has 28 heavy (non-hydrogen) atoms. The Kier molecular flexibility index (Phi) is 5.48. The number of amides is 1. The van der Waals surface area contributed by atoms with Crippen LogP contribution in [-0.2, 0) is 21.1 Å². The van der Waals surface area contributed by atoms with Gasteiger partial charge in [0.2, 0.25) is 0 Å². The maximum absolute atomic E-state index is 12.7. The van der Waals surface area contributed by atoms with E-state index in [0.29, 0.717) is 16.9 Å². The lowest BCUT2D eigenvalue weighted by atomic mass is 10.2. The van der Waals surface area contributed by atoms with Crippen molar-refractivity contribution < 1.29 is 22.7 Å². The van der Waals surface area contributed by atoms with Crippen molar-refractivity contribution in [2.75, 3.05) is 13.4 Å². The average molecular weight is 418 g/mol. The van der Waals surface area contributed by atoms with Crippen LogP contribution in [0.1, 0.15) is 27.6 Å². The summed E-state index contributed by atoms with van der Waals surface area (Å²) in [7, 11) is -2.25. The van der Waals surface area contributed by atoms with Crippen molar-refractivity contribution >= 4 is 43.3 Å². The van der Waals surface area contributed by atoms with E-state index < -0.39 is 21.7 Å². The molecule has 2 aromatic carbocycles. The molecule has 1 heterocycles. The fourth-order valence-corrected chi connectivity index (χ4v) is 4.83. The molecule has 0 aliphatic rings. The molecule has 7 nitrogen and oxygen atoms in total. The Labute approximate surface area is 165 Å². The van der Waals surface area contributed by atoms with Gasteiger partial charge in [-0.25, -0.2) is 13.2 Å². The van der Waals surface area contributed by atoms with Crippen molar-refractivity contribution in [3.8, 4) is 0 Å². The van der Waals surface area contributed by atoms with Crippen LogP contribution < -0.4 is 4.80 Å². The zero-order chi connectivity index (χ0) is 20.5. The molecule has 0 radical (unpaired) electrons. The zero-order valence-corrected chi connectivity index (χ0v) is 17.1. The van der Waals surface area contributed by atoms with E-state index >= 15 is 0 Å². The number of carbonyl (C=O) groups is 2. The van der Waals surface area contributed by atoms with Crippen LogP contribution in [0, 0.1) is 0 Å². The molecule has 146 valence electrons. The number of aryl methyl sites for hydroxylation is 1. The number of methoxy groups -OCH3 is 1. The first kappa shape index (κ1) is 20.0. The summed E-state index contributed by atoms with van der Waals surface area (Å²) >= 11 is 1.25. The van der Waals surface area contributed by atoms with Gasteiger partial charge in [0.1, 0.15) is 0 Å². The fourth-order valence-electron chi connectivity index (χ4n) is 2.82. The van der Waals surface area contributed by atoms with E-state index in [1.807, 2.05) is 11.5 Å². The topological polar surface area (TPSA) is 94.8 Å². The quantitative estimate of drug-likeness (QED) is 0.607. The van der Waals surface area contributed by atoms with Gasteiger partial charge in [-0.05, 0) is 37.3 Å². The monoisotopic (exact) mass is 418 g/mol. The molecule has 0 N–H and O–H groups in total. The molecule has 0 unspecified atom stereocenters. The number of nitrogens with zero attached hydrogens (tertiary/aromatic N) is 2. The van der Waals surface area contributed by atoms with E-state index in [1.54, 1.807) is 30.3 Å². The molecular formula is C19H18N2O5S2. The first-order valence-corrected chi connectivity index (χ1v) is 11.1. The summed E-state index contributed by atoms with van der Waals surface area (Å²) in [5.41, 5.74) is 1.25. The van der Waals surface area contributed by atoms with Crippen molar-refractivity contribution in [1.82, 2.24) is 4.57 Å². The number of hydrogen-bond donors (Lipinski definition) is 0. The van der Waals surface area contributed by atoms with Crippen LogP contribution in [0.3, 0.4) is 0 Å². The van der Waals surface area contributed by atoms with E-state index in [1.165, 1.54) is 30.6 Å². The van der Waals surface area contributed by atoms with Crippen molar-refractivity contribution in [2.24, 2.45) is 4.99 Å². The van der Waals surface area contributed by atoms with Gasteiger partial charge in [0, 0.05) is 12.8 Å². The summed E-state index contributed by atoms with van der Waals surface area (Å²) in [6.07, 6.45) is 1.05. The second-order valence-electron chi connectivity index (χ2n) is 5.99. The number of carbonyl (C=O) groups excluding carboxylic acids is 2. The molecule has 1 aromatic heterocycles. The van der Waals surface area contributed by atoms with Gasteiger partial charge in [-0.3, -0.25) is 4.79 Å². The second-order valence-corrected chi connectivity index (χ2v) is 8.98. The Morgan fingerprint density at radius 1 is 1.18 bits per heavy atom. The number of hydrogen-bond acceptors (Lipinski definition) is 6. The minimum Gasteiger partial charge on any atom is -0.465 e. The molecule has 0 saturated carbocycles. The molecule has 1 amide bonds. The van der Waals surface area contributed by atoms with Crippen LogP contribution in [0.2, 0.25) is 0 Å². The van der Waals surface area contributed by atoms with Crippen molar-refractivity contribution in [3.05, 3.63) is 58.4 Å². The lowest BCUT2D eigenvalue weighted by molar-refractivity contribution is 0.0600. The van der Waals surface area contributed by atoms with E-state index in [9.17, 15) is 18.0 Å². The average Bonchev–Trinajstić information content (AvgIpc) is 3.02. The summed E-state index contributed by atoms with van der Waals surface area (Å²) in [6, 6.07) is 11.1. The minimum absolute atomic E-state index is 0.0281. The second kappa shape index (κ2) is 7.69. The number of aromatic nitrogens is 1. The summed E-state index contributed by atoms with van der Waals surface area (Å²) < 4.78 is 31.3. The van der Waals surface area contributed by atoms with E-state index in [2.05, 4.69) is 4.99 Å². The predicted octanol–water partition coefficient (Wildman–Crippen LogP) is 2.65. The highest BCUT2D eigenvalue weighted by Gasteiger charge is 2.18. The van der Waals surface area contributed by atoms with Gasteiger partial charge < -0.3 is 9.30 Å². The lowest BCUT2D eigenvalue weighted by Gasteiger charge is -2.04. The Hall–Kier alpha value is -2.78. The van der Waals surface area contributed by atoms with Crippen LogP contribution in [0.5, 0.6) is 0 Å². The van der Waals surface area contributed by atoms with Gasteiger partial charge in [-0.2, -0.15) is 4.99 Å². The van der Waals surface area contributed by atoms with E-state index in [0.717, 1.165) is 16.5 Å². The third-order valence-corrected chi connectivity index (χ3v) is 6.33. The van der Waals surface area contributed by atoms with Gasteiger partial charge in [0.05, 0.1) is 33.3 Å². The molecule has 0 saturated heterocycles. The summed E-state index contributed by atoms with van der Waals surface area (Å²) in [4.78, 5) is 29.0. The van der Waals surface area contributed by atoms with Crippen LogP contribution >= 0.6 is 11.3 Å². The highest BCUT2D eigenvalue weighted by molar-refractivity contribution is 7.90. The largest absolute Gasteiger partial charge is 0.465 e. The van der Waals surface area contributed by atoms with Gasteiger partial charge >= 0.3 is 5.97 Å². The first-order valence-electron chi connectivity index (χ1n) is 8.36. The number of rotatable bonds is 4. The Balaban J connectivity index is 2.17. The van der Waals surface area contributed by atoms with Crippen LogP contribution in [-0.4, -0.2) is 38.2 Å². The van der Waals surface area contributed by atoms with Gasteiger partial charge in [0.15, 0.2) is 14.6 Å². The molecule has 0 aliphatic heterocycles. The Bertz CT molecular complexity index is 1250. The minimum atomic E-state index is -3.56. The molecule has 3 aromatic rings. The third kappa shape index (κ3) is 3.76. The summed E-state index contributed by atoms with van der Waals surface area (Å²) in [5.74, 6) is -1.09. The highest BCUT2D eigenvalue weighted by atomic mass is 32.2. The van der Waals surface area contributed by atoms with Crippen LogP contribution in [0.25, 0.3) is 10.2 Å². The predicted molar refractivity (Wildman–Crippen MR) is 106 cm³/mol. The smallest absolute Gasteiger partial charge is 0.337 e. The van der Waals surface area contributed by atoms with E-state index in [-0.39, 0.29) is 10.5 Å². The number of fused-ring (bicyclic) bond motifs is 1. The molecule has 3 rings (SSSR count). The first-order chi connectivity index (χ1) is 13.3. The molecule has 0 bridgehead atoms. The third-order valence-electron chi connectivity index (χ3n) is 4.13. The van der Waals surface area contributed by atoms with Gasteiger partial charge in [-0.15, -0.1) is 0 Å². The Morgan fingerprint density at radius 3 is 2.54 bits per heavy atom.